The van der Waals surface area contributed by atoms with E-state index in [0.717, 1.165) is 12.1 Å². The van der Waals surface area contributed by atoms with Crippen molar-refractivity contribution < 1.29 is 27.2 Å². The zero-order valence-corrected chi connectivity index (χ0v) is 16.7. The van der Waals surface area contributed by atoms with Crippen molar-refractivity contribution in [2.75, 3.05) is 24.5 Å². The Bertz CT molecular complexity index is 979. The first-order valence-corrected chi connectivity index (χ1v) is 10.2. The van der Waals surface area contributed by atoms with E-state index in [4.69, 9.17) is 0 Å². The van der Waals surface area contributed by atoms with Gasteiger partial charge >= 0.3 is 6.18 Å². The highest BCUT2D eigenvalue weighted by Gasteiger charge is 2.46. The van der Waals surface area contributed by atoms with E-state index in [2.05, 4.69) is 0 Å². The number of amides is 2. The maximum Gasteiger partial charge on any atom is 0.416 e. The fourth-order valence-electron chi connectivity index (χ4n) is 4.36. The number of nitrogens with zero attached hydrogens (tertiary/aromatic N) is 2. The van der Waals surface area contributed by atoms with Crippen molar-refractivity contribution in [2.24, 2.45) is 5.92 Å². The molecule has 2 atom stereocenters. The lowest BCUT2D eigenvalue weighted by Crippen LogP contribution is -2.48. The first kappa shape index (κ1) is 21.3. The molecule has 2 fully saturated rings. The van der Waals surface area contributed by atoms with Crippen molar-refractivity contribution in [3.8, 4) is 0 Å². The number of halogens is 4. The Labute approximate surface area is 177 Å². The molecule has 0 aliphatic carbocycles. The van der Waals surface area contributed by atoms with E-state index in [1.54, 1.807) is 29.2 Å². The molecule has 2 aromatic carbocycles. The van der Waals surface area contributed by atoms with Gasteiger partial charge in [0.2, 0.25) is 11.8 Å². The Kier molecular flexibility index (Phi) is 5.49. The molecule has 2 amide bonds. The largest absolute Gasteiger partial charge is 0.416 e. The fraction of sp³-hybridized carbons (Fsp3) is 0.391. The maximum absolute atomic E-state index is 15.6. The molecular formula is C23H22F4N2O2. The molecule has 2 aliphatic heterocycles. The van der Waals surface area contributed by atoms with Gasteiger partial charge in [0.1, 0.15) is 5.92 Å². The van der Waals surface area contributed by atoms with Gasteiger partial charge in [-0.2, -0.15) is 13.2 Å². The van der Waals surface area contributed by atoms with E-state index in [0.29, 0.717) is 25.1 Å². The van der Waals surface area contributed by atoms with Crippen LogP contribution in [-0.2, 0) is 21.4 Å². The highest BCUT2D eigenvalue weighted by atomic mass is 19.4. The third-order valence-corrected chi connectivity index (χ3v) is 6.04. The molecule has 0 spiro atoms. The summed E-state index contributed by atoms with van der Waals surface area (Å²) in [6.07, 6.45) is -3.67. The van der Waals surface area contributed by atoms with Crippen molar-refractivity contribution in [1.29, 1.82) is 0 Å². The summed E-state index contributed by atoms with van der Waals surface area (Å²) in [5.74, 6) is -1.69. The minimum atomic E-state index is -4.57. The van der Waals surface area contributed by atoms with Crippen LogP contribution in [0, 0.1) is 5.92 Å². The predicted octanol–water partition coefficient (Wildman–Crippen LogP) is 4.55. The Morgan fingerprint density at radius 3 is 2.48 bits per heavy atom. The number of alkyl halides is 4. The van der Waals surface area contributed by atoms with Crippen molar-refractivity contribution in [2.45, 2.75) is 31.1 Å². The molecule has 4 rings (SSSR count). The van der Waals surface area contributed by atoms with Crippen LogP contribution in [0.4, 0.5) is 23.2 Å². The molecule has 2 aliphatic rings. The van der Waals surface area contributed by atoms with Gasteiger partial charge in [-0.3, -0.25) is 9.59 Å². The number of rotatable bonds is 3. The molecule has 2 unspecified atom stereocenters. The third-order valence-electron chi connectivity index (χ3n) is 6.04. The lowest BCUT2D eigenvalue weighted by molar-refractivity contribution is -0.142. The molecule has 0 bridgehead atoms. The summed E-state index contributed by atoms with van der Waals surface area (Å²) in [4.78, 5) is 28.9. The molecule has 2 saturated heterocycles. The van der Waals surface area contributed by atoms with Crippen molar-refractivity contribution >= 4 is 17.5 Å². The molecule has 0 radical (unpaired) electrons. The second kappa shape index (κ2) is 7.98. The topological polar surface area (TPSA) is 40.6 Å². The average molecular weight is 434 g/mol. The van der Waals surface area contributed by atoms with Gasteiger partial charge in [0, 0.05) is 25.2 Å². The molecule has 0 aromatic heterocycles. The fourth-order valence-corrected chi connectivity index (χ4v) is 4.36. The minimum Gasteiger partial charge on any atom is -0.338 e. The number of anilines is 1. The second-order valence-electron chi connectivity index (χ2n) is 8.07. The first-order chi connectivity index (χ1) is 14.7. The Morgan fingerprint density at radius 1 is 1.03 bits per heavy atom. The zero-order chi connectivity index (χ0) is 22.2. The van der Waals surface area contributed by atoms with Gasteiger partial charge in [0.15, 0.2) is 5.67 Å². The number of carbonyl (C=O) groups excluding carboxylic acids is 2. The van der Waals surface area contributed by atoms with Gasteiger partial charge in [-0.05, 0) is 42.7 Å². The summed E-state index contributed by atoms with van der Waals surface area (Å²) in [6.45, 7) is 0.201. The van der Waals surface area contributed by atoms with Crippen LogP contribution in [-0.4, -0.2) is 36.3 Å². The van der Waals surface area contributed by atoms with Crippen LogP contribution in [0.5, 0.6) is 0 Å². The average Bonchev–Trinajstić information content (AvgIpc) is 3.17. The first-order valence-electron chi connectivity index (χ1n) is 10.2. The standard InChI is InChI=1S/C23H22F4N2O2/c24-22(16-6-4-7-17(14-16)23(25,26)27)11-13-28(15-22)20(30)19-10-5-12-29(21(19)31)18-8-2-1-3-9-18/h1-4,6-9,14,19H,5,10-13,15H2. The molecule has 2 aromatic rings. The SMILES string of the molecule is O=C(C1CCCN(c2ccccc2)C1=O)N1CCC(F)(c2cccc(C(F)(F)F)c2)C1. The van der Waals surface area contributed by atoms with Gasteiger partial charge in [0.25, 0.3) is 0 Å². The summed E-state index contributed by atoms with van der Waals surface area (Å²) < 4.78 is 54.6. The molecular weight excluding hydrogens is 412 g/mol. The van der Waals surface area contributed by atoms with E-state index in [9.17, 15) is 22.8 Å². The number of benzene rings is 2. The van der Waals surface area contributed by atoms with Crippen LogP contribution in [0.1, 0.15) is 30.4 Å². The van der Waals surface area contributed by atoms with Crippen LogP contribution >= 0.6 is 0 Å². The lowest BCUT2D eigenvalue weighted by Gasteiger charge is -2.33. The zero-order valence-electron chi connectivity index (χ0n) is 16.7. The molecule has 8 heteroatoms. The highest BCUT2D eigenvalue weighted by Crippen LogP contribution is 2.40. The van der Waals surface area contributed by atoms with Crippen molar-refractivity contribution in [3.63, 3.8) is 0 Å². The van der Waals surface area contributed by atoms with Crippen LogP contribution in [0.15, 0.2) is 54.6 Å². The second-order valence-corrected chi connectivity index (χ2v) is 8.07. The predicted molar refractivity (Wildman–Crippen MR) is 107 cm³/mol. The van der Waals surface area contributed by atoms with E-state index >= 15 is 4.39 Å². The number of hydrogen-bond donors (Lipinski definition) is 0. The Morgan fingerprint density at radius 2 is 1.77 bits per heavy atom. The van der Waals surface area contributed by atoms with Crippen molar-refractivity contribution in [1.82, 2.24) is 4.90 Å². The van der Waals surface area contributed by atoms with Crippen LogP contribution < -0.4 is 4.90 Å². The van der Waals surface area contributed by atoms with Gasteiger partial charge in [-0.1, -0.05) is 30.3 Å². The number of carbonyl (C=O) groups is 2. The van der Waals surface area contributed by atoms with E-state index in [-0.39, 0.29) is 31.0 Å². The number of para-hydroxylation sites is 1. The summed E-state index contributed by atoms with van der Waals surface area (Å²) in [5, 5.41) is 0. The highest BCUT2D eigenvalue weighted by molar-refractivity contribution is 6.08. The van der Waals surface area contributed by atoms with Gasteiger partial charge in [-0.25, -0.2) is 4.39 Å². The summed E-state index contributed by atoms with van der Waals surface area (Å²) >= 11 is 0. The molecule has 0 saturated carbocycles. The summed E-state index contributed by atoms with van der Waals surface area (Å²) in [6, 6.07) is 13.2. The quantitative estimate of drug-likeness (QED) is 0.526. The van der Waals surface area contributed by atoms with E-state index in [1.165, 1.54) is 17.0 Å². The summed E-state index contributed by atoms with van der Waals surface area (Å²) in [7, 11) is 0. The number of likely N-dealkylation sites (tertiary alicyclic amines) is 1. The lowest BCUT2D eigenvalue weighted by atomic mass is 9.93. The Balaban J connectivity index is 1.50. The van der Waals surface area contributed by atoms with Gasteiger partial charge in [0.05, 0.1) is 12.1 Å². The normalized spacial score (nSPS) is 24.5. The van der Waals surface area contributed by atoms with Gasteiger partial charge in [-0.15, -0.1) is 0 Å². The number of hydrogen-bond acceptors (Lipinski definition) is 2. The van der Waals surface area contributed by atoms with Gasteiger partial charge < -0.3 is 9.80 Å². The van der Waals surface area contributed by atoms with E-state index < -0.39 is 29.2 Å². The minimum absolute atomic E-state index is 0.0562. The summed E-state index contributed by atoms with van der Waals surface area (Å²) in [5.41, 5.74) is -2.39. The maximum atomic E-state index is 15.6. The van der Waals surface area contributed by atoms with Crippen LogP contribution in [0.25, 0.3) is 0 Å². The smallest absolute Gasteiger partial charge is 0.338 e. The molecule has 0 N–H and O–H groups in total. The van der Waals surface area contributed by atoms with Crippen molar-refractivity contribution in [3.05, 3.63) is 65.7 Å². The molecule has 31 heavy (non-hydrogen) atoms. The third kappa shape index (κ3) is 4.16. The van der Waals surface area contributed by atoms with Crippen LogP contribution in [0.2, 0.25) is 0 Å². The number of piperidine rings is 1. The van der Waals surface area contributed by atoms with Crippen LogP contribution in [0.3, 0.4) is 0 Å². The monoisotopic (exact) mass is 434 g/mol. The van der Waals surface area contributed by atoms with E-state index in [1.807, 2.05) is 6.07 Å². The Hall–Kier alpha value is -2.90. The molecule has 4 nitrogen and oxygen atoms in total. The molecule has 164 valence electrons. The molecule has 2 heterocycles.